The van der Waals surface area contributed by atoms with E-state index in [4.69, 9.17) is 4.74 Å². The number of nitrogens with zero attached hydrogens (tertiary/aromatic N) is 3. The monoisotopic (exact) mass is 320 g/mol. The predicted octanol–water partition coefficient (Wildman–Crippen LogP) is 3.38. The summed E-state index contributed by atoms with van der Waals surface area (Å²) in [5.74, 6) is 0.0719. The minimum absolute atomic E-state index is 0.374. The van der Waals surface area contributed by atoms with Gasteiger partial charge in [-0.05, 0) is 42.8 Å². The largest absolute Gasteiger partial charge is 0.465 e. The van der Waals surface area contributed by atoms with Gasteiger partial charge in [-0.2, -0.15) is 0 Å². The predicted molar refractivity (Wildman–Crippen MR) is 91.1 cm³/mol. The maximum Gasteiger partial charge on any atom is 0.338 e. The van der Waals surface area contributed by atoms with Crippen LogP contribution in [-0.4, -0.2) is 28.0 Å². The number of hydrogen-bond donors (Lipinski definition) is 1. The van der Waals surface area contributed by atoms with E-state index in [0.717, 1.165) is 22.5 Å². The molecule has 120 valence electrons. The second kappa shape index (κ2) is 6.87. The van der Waals surface area contributed by atoms with Crippen molar-refractivity contribution in [3.05, 3.63) is 66.1 Å². The molecule has 0 fully saturated rings. The Balaban J connectivity index is 1.91. The van der Waals surface area contributed by atoms with Gasteiger partial charge in [-0.15, -0.1) is 0 Å². The van der Waals surface area contributed by atoms with Gasteiger partial charge in [0.05, 0.1) is 18.4 Å². The molecular weight excluding hydrogens is 304 g/mol. The first-order valence-corrected chi connectivity index (χ1v) is 7.37. The number of carbonyl (C=O) groups is 1. The average molecular weight is 320 g/mol. The summed E-state index contributed by atoms with van der Waals surface area (Å²) in [7, 11) is 1.36. The van der Waals surface area contributed by atoms with Crippen molar-refractivity contribution in [2.24, 2.45) is 0 Å². The summed E-state index contributed by atoms with van der Waals surface area (Å²) in [6, 6.07) is 11.0. The number of methoxy groups -OCH3 is 1. The average Bonchev–Trinajstić information content (AvgIpc) is 2.64. The van der Waals surface area contributed by atoms with Crippen LogP contribution in [-0.2, 0) is 4.74 Å². The zero-order valence-corrected chi connectivity index (χ0v) is 13.4. The van der Waals surface area contributed by atoms with Crippen LogP contribution in [0.1, 0.15) is 15.9 Å². The standard InChI is InChI=1S/C18H16N4O2/c1-12-14(17(23)24-2)6-3-7-15(12)21-18-20-10-8-16(22-18)13-5-4-9-19-11-13/h3-11H,1-2H3,(H,20,21,22). The highest BCUT2D eigenvalue weighted by Crippen LogP contribution is 2.23. The molecular formula is C18H16N4O2. The van der Waals surface area contributed by atoms with Crippen LogP contribution in [0.2, 0.25) is 0 Å². The van der Waals surface area contributed by atoms with Crippen LogP contribution in [0.5, 0.6) is 0 Å². The Hall–Kier alpha value is -3.28. The van der Waals surface area contributed by atoms with Gasteiger partial charge in [-0.3, -0.25) is 4.98 Å². The summed E-state index contributed by atoms with van der Waals surface area (Å²) >= 11 is 0. The number of nitrogens with one attached hydrogen (secondary N) is 1. The SMILES string of the molecule is COC(=O)c1cccc(Nc2nccc(-c3cccnc3)n2)c1C. The molecule has 0 saturated carbocycles. The summed E-state index contributed by atoms with van der Waals surface area (Å²) in [5.41, 5.74) is 3.71. The Labute approximate surface area is 139 Å². The van der Waals surface area contributed by atoms with Gasteiger partial charge >= 0.3 is 5.97 Å². The van der Waals surface area contributed by atoms with Crippen LogP contribution < -0.4 is 5.32 Å². The van der Waals surface area contributed by atoms with Gasteiger partial charge in [0.15, 0.2) is 0 Å². The van der Waals surface area contributed by atoms with Crippen LogP contribution in [0, 0.1) is 6.92 Å². The van der Waals surface area contributed by atoms with E-state index in [-0.39, 0.29) is 5.97 Å². The molecule has 0 spiro atoms. The number of esters is 1. The zero-order chi connectivity index (χ0) is 16.9. The van der Waals surface area contributed by atoms with Crippen molar-refractivity contribution in [2.75, 3.05) is 12.4 Å². The molecule has 3 aromatic rings. The molecule has 0 bridgehead atoms. The van der Waals surface area contributed by atoms with Crippen molar-refractivity contribution in [3.63, 3.8) is 0 Å². The molecule has 0 aliphatic rings. The maximum absolute atomic E-state index is 11.8. The molecule has 24 heavy (non-hydrogen) atoms. The van der Waals surface area contributed by atoms with E-state index in [1.54, 1.807) is 30.7 Å². The third-order valence-corrected chi connectivity index (χ3v) is 3.60. The van der Waals surface area contributed by atoms with E-state index in [0.29, 0.717) is 11.5 Å². The summed E-state index contributed by atoms with van der Waals surface area (Å²) < 4.78 is 4.79. The van der Waals surface area contributed by atoms with Gasteiger partial charge in [-0.25, -0.2) is 14.8 Å². The molecule has 0 radical (unpaired) electrons. The van der Waals surface area contributed by atoms with Gasteiger partial charge in [0, 0.05) is 29.8 Å². The fourth-order valence-corrected chi connectivity index (χ4v) is 2.32. The molecule has 3 rings (SSSR count). The first kappa shape index (κ1) is 15.6. The maximum atomic E-state index is 11.8. The lowest BCUT2D eigenvalue weighted by atomic mass is 10.1. The number of benzene rings is 1. The first-order valence-electron chi connectivity index (χ1n) is 7.37. The van der Waals surface area contributed by atoms with Gasteiger partial charge in [0.25, 0.3) is 0 Å². The quantitative estimate of drug-likeness (QED) is 0.743. The molecule has 0 unspecified atom stereocenters. The van der Waals surface area contributed by atoms with Crippen LogP contribution in [0.15, 0.2) is 55.0 Å². The lowest BCUT2D eigenvalue weighted by Gasteiger charge is -2.11. The zero-order valence-electron chi connectivity index (χ0n) is 13.4. The fraction of sp³-hybridized carbons (Fsp3) is 0.111. The van der Waals surface area contributed by atoms with Gasteiger partial charge < -0.3 is 10.1 Å². The normalized spacial score (nSPS) is 10.2. The first-order chi connectivity index (χ1) is 11.7. The number of ether oxygens (including phenoxy) is 1. The number of aromatic nitrogens is 3. The summed E-state index contributed by atoms with van der Waals surface area (Å²) in [6.45, 7) is 1.85. The van der Waals surface area contributed by atoms with Crippen molar-refractivity contribution in [3.8, 4) is 11.3 Å². The third kappa shape index (κ3) is 3.22. The number of pyridine rings is 1. The second-order valence-electron chi connectivity index (χ2n) is 5.10. The van der Waals surface area contributed by atoms with E-state index in [1.165, 1.54) is 7.11 Å². The Kier molecular flexibility index (Phi) is 4.47. The van der Waals surface area contributed by atoms with E-state index in [2.05, 4.69) is 20.3 Å². The van der Waals surface area contributed by atoms with Crippen molar-refractivity contribution in [1.29, 1.82) is 0 Å². The minimum atomic E-state index is -0.374. The third-order valence-electron chi connectivity index (χ3n) is 3.60. The highest BCUT2D eigenvalue weighted by atomic mass is 16.5. The Morgan fingerprint density at radius 3 is 2.75 bits per heavy atom. The molecule has 0 aliphatic heterocycles. The molecule has 0 amide bonds. The summed E-state index contributed by atoms with van der Waals surface area (Å²) in [4.78, 5) is 24.6. The molecule has 1 N–H and O–H groups in total. The molecule has 0 saturated heterocycles. The molecule has 1 aromatic carbocycles. The van der Waals surface area contributed by atoms with E-state index < -0.39 is 0 Å². The van der Waals surface area contributed by atoms with Crippen LogP contribution in [0.3, 0.4) is 0 Å². The minimum Gasteiger partial charge on any atom is -0.465 e. The molecule has 2 heterocycles. The number of hydrogen-bond acceptors (Lipinski definition) is 6. The molecule has 0 atom stereocenters. The smallest absolute Gasteiger partial charge is 0.338 e. The fourth-order valence-electron chi connectivity index (χ4n) is 2.32. The molecule has 6 nitrogen and oxygen atoms in total. The van der Waals surface area contributed by atoms with Crippen molar-refractivity contribution in [1.82, 2.24) is 15.0 Å². The molecule has 0 aliphatic carbocycles. The van der Waals surface area contributed by atoms with E-state index in [9.17, 15) is 4.79 Å². The van der Waals surface area contributed by atoms with Crippen LogP contribution >= 0.6 is 0 Å². The van der Waals surface area contributed by atoms with Crippen LogP contribution in [0.25, 0.3) is 11.3 Å². The Morgan fingerprint density at radius 1 is 1.12 bits per heavy atom. The highest BCUT2D eigenvalue weighted by Gasteiger charge is 2.12. The topological polar surface area (TPSA) is 77.0 Å². The van der Waals surface area contributed by atoms with Gasteiger partial charge in [-0.1, -0.05) is 6.07 Å². The number of carbonyl (C=O) groups excluding carboxylic acids is 1. The molecule has 6 heteroatoms. The van der Waals surface area contributed by atoms with Crippen molar-refractivity contribution >= 4 is 17.6 Å². The van der Waals surface area contributed by atoms with Crippen LogP contribution in [0.4, 0.5) is 11.6 Å². The lowest BCUT2D eigenvalue weighted by molar-refractivity contribution is 0.0600. The molecule has 2 aromatic heterocycles. The lowest BCUT2D eigenvalue weighted by Crippen LogP contribution is -2.06. The highest BCUT2D eigenvalue weighted by molar-refractivity contribution is 5.92. The van der Waals surface area contributed by atoms with Crippen molar-refractivity contribution < 1.29 is 9.53 Å². The second-order valence-corrected chi connectivity index (χ2v) is 5.10. The van der Waals surface area contributed by atoms with Gasteiger partial charge in [0.2, 0.25) is 5.95 Å². The van der Waals surface area contributed by atoms with Crippen molar-refractivity contribution in [2.45, 2.75) is 6.92 Å². The van der Waals surface area contributed by atoms with Gasteiger partial charge in [0.1, 0.15) is 0 Å². The Bertz CT molecular complexity index is 866. The number of anilines is 2. The Morgan fingerprint density at radius 2 is 2.00 bits per heavy atom. The van der Waals surface area contributed by atoms with E-state index >= 15 is 0 Å². The van der Waals surface area contributed by atoms with E-state index in [1.807, 2.05) is 31.2 Å². The summed E-state index contributed by atoms with van der Waals surface area (Å²) in [5, 5.41) is 3.15. The number of rotatable bonds is 4. The summed E-state index contributed by atoms with van der Waals surface area (Å²) in [6.07, 6.45) is 5.14.